The van der Waals surface area contributed by atoms with Gasteiger partial charge in [0.05, 0.1) is 12.7 Å². The van der Waals surface area contributed by atoms with Crippen LogP contribution in [-0.4, -0.2) is 36.7 Å². The number of anilines is 1. The van der Waals surface area contributed by atoms with Gasteiger partial charge in [-0.15, -0.1) is 0 Å². The van der Waals surface area contributed by atoms with E-state index in [0.29, 0.717) is 5.69 Å². The summed E-state index contributed by atoms with van der Waals surface area (Å²) in [5.41, 5.74) is 1.40. The van der Waals surface area contributed by atoms with Crippen LogP contribution in [0.5, 0.6) is 5.75 Å². The molecule has 0 aliphatic rings. The van der Waals surface area contributed by atoms with Gasteiger partial charge in [-0.1, -0.05) is 18.2 Å². The van der Waals surface area contributed by atoms with Crippen LogP contribution in [-0.2, 0) is 14.3 Å². The molecule has 0 atom stereocenters. The Bertz CT molecular complexity index is 815. The molecule has 0 saturated heterocycles. The number of amides is 1. The van der Waals surface area contributed by atoms with E-state index in [1.54, 1.807) is 31.2 Å². The van der Waals surface area contributed by atoms with Crippen molar-refractivity contribution >= 4 is 23.5 Å². The van der Waals surface area contributed by atoms with Gasteiger partial charge in [0.25, 0.3) is 5.91 Å². The van der Waals surface area contributed by atoms with E-state index in [2.05, 4.69) is 10.1 Å². The molecule has 2 aromatic rings. The number of carbonyl (C=O) groups is 3. The van der Waals surface area contributed by atoms with Crippen LogP contribution in [0.2, 0.25) is 0 Å². The zero-order valence-electron chi connectivity index (χ0n) is 13.7. The Hall–Kier alpha value is -3.35. The summed E-state index contributed by atoms with van der Waals surface area (Å²) in [6.45, 7) is 1.22. The molecule has 0 aromatic heterocycles. The molecule has 0 heterocycles. The van der Waals surface area contributed by atoms with Crippen molar-refractivity contribution in [3.05, 3.63) is 59.2 Å². The van der Waals surface area contributed by atoms with Crippen molar-refractivity contribution in [1.82, 2.24) is 0 Å². The second-order valence-corrected chi connectivity index (χ2v) is 5.16. The Balaban J connectivity index is 2.00. The summed E-state index contributed by atoms with van der Waals surface area (Å²) in [7, 11) is 1.26. The van der Waals surface area contributed by atoms with E-state index in [1.807, 2.05) is 0 Å². The van der Waals surface area contributed by atoms with Gasteiger partial charge in [-0.05, 0) is 36.8 Å². The van der Waals surface area contributed by atoms with E-state index in [9.17, 15) is 19.5 Å². The Morgan fingerprint density at radius 3 is 2.48 bits per heavy atom. The molecule has 0 aliphatic heterocycles. The fourth-order valence-electron chi connectivity index (χ4n) is 2.04. The highest BCUT2D eigenvalue weighted by Gasteiger charge is 2.15. The molecule has 0 spiro atoms. The van der Waals surface area contributed by atoms with Crippen LogP contribution < -0.4 is 5.32 Å². The molecule has 0 aliphatic carbocycles. The first kappa shape index (κ1) is 18.0. The van der Waals surface area contributed by atoms with Crippen LogP contribution in [0.4, 0.5) is 5.69 Å². The predicted molar refractivity (Wildman–Crippen MR) is 89.5 cm³/mol. The minimum atomic E-state index is -0.812. The number of phenols is 1. The van der Waals surface area contributed by atoms with Gasteiger partial charge in [0.15, 0.2) is 6.61 Å². The summed E-state index contributed by atoms with van der Waals surface area (Å²) in [4.78, 5) is 35.4. The number of benzene rings is 2. The highest BCUT2D eigenvalue weighted by atomic mass is 16.5. The lowest BCUT2D eigenvalue weighted by molar-refractivity contribution is -0.119. The van der Waals surface area contributed by atoms with Gasteiger partial charge in [0.2, 0.25) is 0 Å². The first-order chi connectivity index (χ1) is 11.9. The summed E-state index contributed by atoms with van der Waals surface area (Å²) < 4.78 is 9.51. The number of para-hydroxylation sites is 1. The van der Waals surface area contributed by atoms with Gasteiger partial charge < -0.3 is 19.9 Å². The monoisotopic (exact) mass is 343 g/mol. The van der Waals surface area contributed by atoms with E-state index in [1.165, 1.54) is 25.3 Å². The average molecular weight is 343 g/mol. The lowest BCUT2D eigenvalue weighted by atomic mass is 10.1. The maximum Gasteiger partial charge on any atom is 0.342 e. The van der Waals surface area contributed by atoms with E-state index >= 15 is 0 Å². The molecule has 0 saturated carbocycles. The maximum atomic E-state index is 12.0. The molecule has 1 amide bonds. The van der Waals surface area contributed by atoms with E-state index in [0.717, 1.165) is 5.56 Å². The topological polar surface area (TPSA) is 102 Å². The minimum absolute atomic E-state index is 0.0285. The standard InChI is InChI=1S/C18H17NO6/c1-11-7-8-12(17(22)24-2)9-14(11)19-16(21)10-25-18(23)13-5-3-4-6-15(13)20/h3-9,20H,10H2,1-2H3,(H,19,21). The fraction of sp³-hybridized carbons (Fsp3) is 0.167. The second kappa shape index (κ2) is 7.96. The number of phenolic OH excluding ortho intramolecular Hbond substituents is 1. The number of aromatic hydroxyl groups is 1. The largest absolute Gasteiger partial charge is 0.507 e. The lowest BCUT2D eigenvalue weighted by Crippen LogP contribution is -2.21. The first-order valence-electron chi connectivity index (χ1n) is 7.36. The van der Waals surface area contributed by atoms with Crippen molar-refractivity contribution in [2.45, 2.75) is 6.92 Å². The number of aryl methyl sites for hydroxylation is 1. The number of esters is 2. The number of nitrogens with one attached hydrogen (secondary N) is 1. The van der Waals surface area contributed by atoms with E-state index < -0.39 is 24.5 Å². The molecule has 2 aromatic carbocycles. The molecule has 7 heteroatoms. The van der Waals surface area contributed by atoms with Gasteiger partial charge in [0.1, 0.15) is 11.3 Å². The molecular weight excluding hydrogens is 326 g/mol. The summed E-state index contributed by atoms with van der Waals surface area (Å²) in [6.07, 6.45) is 0. The molecule has 0 unspecified atom stereocenters. The summed E-state index contributed by atoms with van der Waals surface area (Å²) in [5, 5.41) is 12.1. The third-order valence-corrected chi connectivity index (χ3v) is 3.39. The fourth-order valence-corrected chi connectivity index (χ4v) is 2.04. The van der Waals surface area contributed by atoms with Gasteiger partial charge in [-0.3, -0.25) is 4.79 Å². The Kier molecular flexibility index (Phi) is 5.73. The van der Waals surface area contributed by atoms with Crippen LogP contribution >= 0.6 is 0 Å². The average Bonchev–Trinajstić information content (AvgIpc) is 2.61. The van der Waals surface area contributed by atoms with Crippen molar-refractivity contribution in [2.24, 2.45) is 0 Å². The smallest absolute Gasteiger partial charge is 0.342 e. The van der Waals surface area contributed by atoms with Crippen molar-refractivity contribution in [2.75, 3.05) is 19.0 Å². The molecule has 2 N–H and O–H groups in total. The molecule has 0 radical (unpaired) electrons. The van der Waals surface area contributed by atoms with Gasteiger partial charge in [-0.25, -0.2) is 9.59 Å². The molecule has 2 rings (SSSR count). The van der Waals surface area contributed by atoms with Crippen LogP contribution in [0, 0.1) is 6.92 Å². The molecular formula is C18H17NO6. The molecule has 7 nitrogen and oxygen atoms in total. The van der Waals surface area contributed by atoms with Gasteiger partial charge in [-0.2, -0.15) is 0 Å². The quantitative estimate of drug-likeness (QED) is 0.808. The normalized spacial score (nSPS) is 10.0. The zero-order valence-corrected chi connectivity index (χ0v) is 13.7. The van der Waals surface area contributed by atoms with Crippen LogP contribution in [0.1, 0.15) is 26.3 Å². The number of hydrogen-bond acceptors (Lipinski definition) is 6. The minimum Gasteiger partial charge on any atom is -0.507 e. The predicted octanol–water partition coefficient (Wildman–Crippen LogP) is 2.28. The summed E-state index contributed by atoms with van der Waals surface area (Å²) in [6, 6.07) is 10.6. The first-order valence-corrected chi connectivity index (χ1v) is 7.36. The van der Waals surface area contributed by atoms with Crippen molar-refractivity contribution in [3.8, 4) is 5.75 Å². The van der Waals surface area contributed by atoms with Crippen LogP contribution in [0.15, 0.2) is 42.5 Å². The lowest BCUT2D eigenvalue weighted by Gasteiger charge is -2.10. The Morgan fingerprint density at radius 1 is 1.08 bits per heavy atom. The van der Waals surface area contributed by atoms with Crippen molar-refractivity contribution < 1.29 is 29.0 Å². The molecule has 25 heavy (non-hydrogen) atoms. The highest BCUT2D eigenvalue weighted by molar-refractivity contribution is 5.98. The van der Waals surface area contributed by atoms with Crippen molar-refractivity contribution in [1.29, 1.82) is 0 Å². The van der Waals surface area contributed by atoms with Gasteiger partial charge >= 0.3 is 11.9 Å². The zero-order chi connectivity index (χ0) is 18.4. The van der Waals surface area contributed by atoms with Gasteiger partial charge in [0, 0.05) is 5.69 Å². The number of carbonyl (C=O) groups excluding carboxylic acids is 3. The number of methoxy groups -OCH3 is 1. The van der Waals surface area contributed by atoms with E-state index in [4.69, 9.17) is 4.74 Å². The van der Waals surface area contributed by atoms with Crippen LogP contribution in [0.3, 0.4) is 0 Å². The number of ether oxygens (including phenoxy) is 2. The van der Waals surface area contributed by atoms with Crippen molar-refractivity contribution in [3.63, 3.8) is 0 Å². The summed E-state index contributed by atoms with van der Waals surface area (Å²) >= 11 is 0. The third kappa shape index (κ3) is 4.57. The maximum absolute atomic E-state index is 12.0. The number of hydrogen-bond donors (Lipinski definition) is 2. The third-order valence-electron chi connectivity index (χ3n) is 3.39. The second-order valence-electron chi connectivity index (χ2n) is 5.16. The van der Waals surface area contributed by atoms with E-state index in [-0.39, 0.29) is 16.9 Å². The van der Waals surface area contributed by atoms with Crippen LogP contribution in [0.25, 0.3) is 0 Å². The summed E-state index contributed by atoms with van der Waals surface area (Å²) in [5.74, 6) is -2.14. The SMILES string of the molecule is COC(=O)c1ccc(C)c(NC(=O)COC(=O)c2ccccc2O)c1. The molecule has 0 fully saturated rings. The number of rotatable bonds is 5. The Labute approximate surface area is 144 Å². The molecule has 130 valence electrons. The molecule has 0 bridgehead atoms. The Morgan fingerprint density at radius 2 is 1.80 bits per heavy atom. The highest BCUT2D eigenvalue weighted by Crippen LogP contribution is 2.18.